The van der Waals surface area contributed by atoms with E-state index < -0.39 is 0 Å². The molecule has 2 aromatic heterocycles. The van der Waals surface area contributed by atoms with E-state index >= 15 is 0 Å². The number of piperazine rings is 2. The average molecular weight is 493 g/mol. The molecular weight excluding hydrogens is 460 g/mol. The number of fused-ring (bicyclic) bond motifs is 2. The summed E-state index contributed by atoms with van der Waals surface area (Å²) in [4.78, 5) is 10.2. The Morgan fingerprint density at radius 3 is 1.41 bits per heavy atom. The third-order valence-electron chi connectivity index (χ3n) is 7.26. The molecule has 0 saturated carbocycles. The van der Waals surface area contributed by atoms with Gasteiger partial charge in [0.2, 0.25) is 0 Å². The largest absolute Gasteiger partial charge is 0.353 e. The number of anilines is 2. The van der Waals surface area contributed by atoms with Crippen molar-refractivity contribution in [2.45, 2.75) is 12.8 Å². The molecule has 0 amide bonds. The van der Waals surface area contributed by atoms with Gasteiger partial charge in [-0.15, -0.1) is 0 Å². The summed E-state index contributed by atoms with van der Waals surface area (Å²) in [5, 5.41) is 2.62. The maximum absolute atomic E-state index is 4.74. The lowest BCUT2D eigenvalue weighted by Gasteiger charge is -2.36. The minimum atomic E-state index is 1.08. The molecule has 6 rings (SSSR count). The topological polar surface area (TPSA) is 38.7 Å². The molecule has 2 aromatic carbocycles. The van der Waals surface area contributed by atoms with E-state index in [4.69, 9.17) is 8.75 Å². The molecule has 0 spiro atoms. The molecule has 0 atom stereocenters. The monoisotopic (exact) mass is 492 g/mol. The molecule has 8 heteroatoms. The van der Waals surface area contributed by atoms with Crippen LogP contribution in [-0.2, 0) is 0 Å². The van der Waals surface area contributed by atoms with Gasteiger partial charge in [0.25, 0.3) is 0 Å². The van der Waals surface area contributed by atoms with E-state index in [2.05, 4.69) is 68.1 Å². The fourth-order valence-corrected chi connectivity index (χ4v) is 6.83. The normalized spacial score (nSPS) is 18.4. The number of nitrogens with zero attached hydrogens (tertiary/aromatic N) is 6. The zero-order chi connectivity index (χ0) is 22.7. The summed E-state index contributed by atoms with van der Waals surface area (Å²) >= 11 is 3.24. The number of unbranched alkanes of at least 4 members (excludes halogenated alkanes) is 1. The molecule has 4 heterocycles. The Balaban J connectivity index is 0.907. The highest BCUT2D eigenvalue weighted by atomic mass is 32.1. The van der Waals surface area contributed by atoms with Gasteiger partial charge >= 0.3 is 0 Å². The molecule has 0 radical (unpaired) electrons. The minimum Gasteiger partial charge on any atom is -0.353 e. The molecule has 34 heavy (non-hydrogen) atoms. The predicted molar refractivity (Wildman–Crippen MR) is 146 cm³/mol. The van der Waals surface area contributed by atoms with Gasteiger partial charge in [-0.1, -0.05) is 24.3 Å². The molecule has 0 bridgehead atoms. The van der Waals surface area contributed by atoms with Gasteiger partial charge in [0.05, 0.1) is 9.40 Å². The Kier molecular flexibility index (Phi) is 6.64. The first-order valence-electron chi connectivity index (χ1n) is 12.5. The standard InChI is InChI=1S/C26H32N6S2/c1-3-9-23-21(7-1)25(27-33-23)31-17-13-29(14-18-31)11-5-6-12-30-15-19-32(20-16-30)26-22-8-2-4-10-24(22)34-28-26/h1-4,7-10H,5-6,11-20H2. The van der Waals surface area contributed by atoms with E-state index in [9.17, 15) is 0 Å². The first kappa shape index (κ1) is 22.2. The van der Waals surface area contributed by atoms with E-state index in [0.29, 0.717) is 0 Å². The fourth-order valence-electron chi connectivity index (χ4n) is 5.24. The van der Waals surface area contributed by atoms with Gasteiger partial charge in [0.1, 0.15) is 11.6 Å². The Morgan fingerprint density at radius 1 is 0.559 bits per heavy atom. The van der Waals surface area contributed by atoms with Gasteiger partial charge in [-0.05, 0) is 73.3 Å². The predicted octanol–water partition coefficient (Wildman–Crippen LogP) is 4.63. The second-order valence-electron chi connectivity index (χ2n) is 9.37. The van der Waals surface area contributed by atoms with Crippen molar-refractivity contribution >= 4 is 54.9 Å². The molecule has 2 fully saturated rings. The minimum absolute atomic E-state index is 1.08. The summed E-state index contributed by atoms with van der Waals surface area (Å²) in [5.74, 6) is 2.37. The summed E-state index contributed by atoms with van der Waals surface area (Å²) in [6.45, 7) is 11.4. The molecule has 2 saturated heterocycles. The van der Waals surface area contributed by atoms with Crippen molar-refractivity contribution in [1.82, 2.24) is 18.5 Å². The molecule has 0 aliphatic carbocycles. The van der Waals surface area contributed by atoms with Crippen LogP contribution in [0.5, 0.6) is 0 Å². The third-order valence-corrected chi connectivity index (χ3v) is 8.89. The number of hydrogen-bond donors (Lipinski definition) is 0. The summed E-state index contributed by atoms with van der Waals surface area (Å²) in [5.41, 5.74) is 0. The van der Waals surface area contributed by atoms with E-state index in [-0.39, 0.29) is 0 Å². The summed E-state index contributed by atoms with van der Waals surface area (Å²) in [6, 6.07) is 17.2. The van der Waals surface area contributed by atoms with Crippen LogP contribution in [0.3, 0.4) is 0 Å². The van der Waals surface area contributed by atoms with Crippen molar-refractivity contribution in [2.24, 2.45) is 0 Å². The first-order chi connectivity index (χ1) is 16.8. The highest BCUT2D eigenvalue weighted by Crippen LogP contribution is 2.31. The summed E-state index contributed by atoms with van der Waals surface area (Å²) < 4.78 is 12.1. The Labute approximate surface area is 209 Å². The van der Waals surface area contributed by atoms with Crippen molar-refractivity contribution in [3.63, 3.8) is 0 Å². The van der Waals surface area contributed by atoms with Crippen LogP contribution in [0.25, 0.3) is 20.2 Å². The van der Waals surface area contributed by atoms with Gasteiger partial charge in [-0.3, -0.25) is 9.80 Å². The van der Waals surface area contributed by atoms with Gasteiger partial charge in [0.15, 0.2) is 0 Å². The van der Waals surface area contributed by atoms with E-state index in [0.717, 1.165) is 52.4 Å². The van der Waals surface area contributed by atoms with Crippen molar-refractivity contribution in [1.29, 1.82) is 0 Å². The van der Waals surface area contributed by atoms with Crippen molar-refractivity contribution in [3.05, 3.63) is 48.5 Å². The SMILES string of the molecule is c1ccc2c(N3CCN(CCCCN4CCN(c5nsc6ccccc56)CC4)CC3)nsc2c1. The fraction of sp³-hybridized carbons (Fsp3) is 0.462. The molecule has 2 aliphatic rings. The average Bonchev–Trinajstić information content (AvgIpc) is 3.52. The highest BCUT2D eigenvalue weighted by molar-refractivity contribution is 7.14. The second kappa shape index (κ2) is 10.2. The van der Waals surface area contributed by atoms with Crippen LogP contribution < -0.4 is 9.80 Å². The lowest BCUT2D eigenvalue weighted by Crippen LogP contribution is -2.47. The van der Waals surface area contributed by atoms with Crippen LogP contribution >= 0.6 is 23.1 Å². The summed E-state index contributed by atoms with van der Waals surface area (Å²) in [7, 11) is 0. The molecule has 4 aromatic rings. The van der Waals surface area contributed by atoms with Gasteiger partial charge < -0.3 is 9.80 Å². The van der Waals surface area contributed by atoms with E-state index in [1.807, 2.05) is 0 Å². The van der Waals surface area contributed by atoms with E-state index in [1.165, 1.54) is 57.7 Å². The number of rotatable bonds is 7. The van der Waals surface area contributed by atoms with Crippen LogP contribution in [-0.4, -0.2) is 84.0 Å². The van der Waals surface area contributed by atoms with Gasteiger partial charge in [-0.2, -0.15) is 8.75 Å². The van der Waals surface area contributed by atoms with Crippen LogP contribution in [0.15, 0.2) is 48.5 Å². The Morgan fingerprint density at radius 2 is 0.971 bits per heavy atom. The lowest BCUT2D eigenvalue weighted by atomic mass is 10.2. The van der Waals surface area contributed by atoms with Crippen LogP contribution in [0.1, 0.15) is 12.8 Å². The van der Waals surface area contributed by atoms with Gasteiger partial charge in [0, 0.05) is 63.1 Å². The number of aromatic nitrogens is 2. The van der Waals surface area contributed by atoms with Crippen molar-refractivity contribution < 1.29 is 0 Å². The molecule has 0 unspecified atom stereocenters. The first-order valence-corrected chi connectivity index (χ1v) is 14.0. The quantitative estimate of drug-likeness (QED) is 0.350. The van der Waals surface area contributed by atoms with Crippen LogP contribution in [0.4, 0.5) is 11.6 Å². The lowest BCUT2D eigenvalue weighted by molar-refractivity contribution is 0.227. The maximum atomic E-state index is 4.74. The Bertz CT molecular complexity index is 1120. The summed E-state index contributed by atoms with van der Waals surface area (Å²) in [6.07, 6.45) is 2.58. The molecule has 0 N–H and O–H groups in total. The van der Waals surface area contributed by atoms with Crippen molar-refractivity contribution in [3.8, 4) is 0 Å². The van der Waals surface area contributed by atoms with E-state index in [1.54, 1.807) is 23.1 Å². The zero-order valence-electron chi connectivity index (χ0n) is 19.6. The smallest absolute Gasteiger partial charge is 0.150 e. The number of benzene rings is 2. The number of hydrogen-bond acceptors (Lipinski definition) is 8. The van der Waals surface area contributed by atoms with Crippen LogP contribution in [0.2, 0.25) is 0 Å². The molecule has 2 aliphatic heterocycles. The molecule has 178 valence electrons. The molecule has 6 nitrogen and oxygen atoms in total. The van der Waals surface area contributed by atoms with Crippen LogP contribution in [0, 0.1) is 0 Å². The third kappa shape index (κ3) is 4.64. The zero-order valence-corrected chi connectivity index (χ0v) is 21.2. The maximum Gasteiger partial charge on any atom is 0.150 e. The second-order valence-corrected chi connectivity index (χ2v) is 11.0. The van der Waals surface area contributed by atoms with Gasteiger partial charge in [-0.25, -0.2) is 0 Å². The highest BCUT2D eigenvalue weighted by Gasteiger charge is 2.22. The Hall–Kier alpha value is -2.26. The molecular formula is C26H32N6S2. The van der Waals surface area contributed by atoms with Crippen molar-refractivity contribution in [2.75, 3.05) is 75.2 Å².